The van der Waals surface area contributed by atoms with Crippen molar-refractivity contribution in [2.45, 2.75) is 38.1 Å². The molecule has 0 spiro atoms. The molecule has 0 atom stereocenters. The van der Waals surface area contributed by atoms with Crippen LogP contribution >= 0.6 is 0 Å². The summed E-state index contributed by atoms with van der Waals surface area (Å²) in [7, 11) is 0. The van der Waals surface area contributed by atoms with Crippen LogP contribution in [0.4, 0.5) is 0 Å². The summed E-state index contributed by atoms with van der Waals surface area (Å²) in [6.07, 6.45) is 8.44. The first-order valence-electron chi connectivity index (χ1n) is 6.81. The summed E-state index contributed by atoms with van der Waals surface area (Å²) in [5.41, 5.74) is 7.84. The highest BCUT2D eigenvalue weighted by Gasteiger charge is 2.32. The lowest BCUT2D eigenvalue weighted by atomic mass is 9.73. The molecule has 1 fully saturated rings. The maximum Gasteiger partial charge on any atom is 0.0416 e. The van der Waals surface area contributed by atoms with Crippen LogP contribution in [0.2, 0.25) is 0 Å². The van der Waals surface area contributed by atoms with Gasteiger partial charge in [-0.3, -0.25) is 4.98 Å². The van der Waals surface area contributed by atoms with Gasteiger partial charge in [-0.25, -0.2) is 0 Å². The summed E-state index contributed by atoms with van der Waals surface area (Å²) in [6, 6.07) is 8.50. The van der Waals surface area contributed by atoms with E-state index in [9.17, 15) is 0 Å². The van der Waals surface area contributed by atoms with Crippen LogP contribution in [0.25, 0.3) is 10.8 Å². The molecule has 1 aliphatic carbocycles. The molecule has 0 saturated heterocycles. The Balaban J connectivity index is 2.08. The summed E-state index contributed by atoms with van der Waals surface area (Å²) in [5, 5.41) is 2.46. The highest BCUT2D eigenvalue weighted by molar-refractivity contribution is 5.85. The van der Waals surface area contributed by atoms with Gasteiger partial charge in [0.05, 0.1) is 0 Å². The molecule has 1 aliphatic rings. The number of nitrogens with zero attached hydrogens (tertiary/aromatic N) is 1. The molecule has 1 aromatic carbocycles. The number of aromatic nitrogens is 1. The Morgan fingerprint density at radius 3 is 2.78 bits per heavy atom. The van der Waals surface area contributed by atoms with Crippen molar-refractivity contribution >= 4 is 10.8 Å². The fourth-order valence-corrected chi connectivity index (χ4v) is 3.10. The molecule has 1 heterocycles. The van der Waals surface area contributed by atoms with E-state index in [1.54, 1.807) is 0 Å². The van der Waals surface area contributed by atoms with E-state index in [1.165, 1.54) is 29.2 Å². The van der Waals surface area contributed by atoms with Gasteiger partial charge in [0.25, 0.3) is 0 Å². The van der Waals surface area contributed by atoms with E-state index in [-0.39, 0.29) is 5.54 Å². The predicted octanol–water partition coefficient (Wildman–Crippen LogP) is 3.60. The molecule has 0 radical (unpaired) electrons. The predicted molar refractivity (Wildman–Crippen MR) is 75.2 cm³/mol. The highest BCUT2D eigenvalue weighted by Crippen LogP contribution is 2.39. The third kappa shape index (κ3) is 1.91. The second kappa shape index (κ2) is 4.36. The molecule has 18 heavy (non-hydrogen) atoms. The van der Waals surface area contributed by atoms with E-state index in [0.29, 0.717) is 0 Å². The minimum absolute atomic E-state index is 0.145. The van der Waals surface area contributed by atoms with Crippen LogP contribution in [0.1, 0.15) is 38.2 Å². The lowest BCUT2D eigenvalue weighted by Crippen LogP contribution is -2.40. The maximum absolute atomic E-state index is 6.69. The Bertz CT molecular complexity index is 549. The molecular formula is C16H20N2. The number of rotatable bonds is 1. The van der Waals surface area contributed by atoms with Gasteiger partial charge < -0.3 is 5.73 Å². The molecule has 2 nitrogen and oxygen atoms in total. The zero-order valence-corrected chi connectivity index (χ0v) is 10.9. The molecule has 1 aromatic heterocycles. The standard InChI is InChI=1S/C16H20N2/c1-12-5-8-16(17,9-6-12)15-4-2-3-13-11-18-10-7-14(13)15/h2-4,7,10-12H,5-6,8-9,17H2,1H3. The van der Waals surface area contributed by atoms with Gasteiger partial charge in [-0.15, -0.1) is 0 Å². The Kier molecular flexibility index (Phi) is 2.83. The second-order valence-corrected chi connectivity index (χ2v) is 5.74. The summed E-state index contributed by atoms with van der Waals surface area (Å²) in [5.74, 6) is 0.818. The zero-order valence-electron chi connectivity index (χ0n) is 10.9. The first kappa shape index (κ1) is 11.7. The first-order chi connectivity index (χ1) is 8.69. The third-order valence-corrected chi connectivity index (χ3v) is 4.38. The molecule has 2 aromatic rings. The molecule has 0 aliphatic heterocycles. The van der Waals surface area contributed by atoms with Crippen LogP contribution in [0.3, 0.4) is 0 Å². The molecule has 0 amide bonds. The van der Waals surface area contributed by atoms with Crippen LogP contribution < -0.4 is 5.73 Å². The first-order valence-corrected chi connectivity index (χ1v) is 6.81. The Morgan fingerprint density at radius 2 is 2.00 bits per heavy atom. The number of pyridine rings is 1. The number of benzene rings is 1. The van der Waals surface area contributed by atoms with Crippen molar-refractivity contribution in [2.75, 3.05) is 0 Å². The molecule has 1 saturated carbocycles. The fraction of sp³-hybridized carbons (Fsp3) is 0.438. The van der Waals surface area contributed by atoms with Gasteiger partial charge in [0.2, 0.25) is 0 Å². The van der Waals surface area contributed by atoms with Gasteiger partial charge >= 0.3 is 0 Å². The summed E-state index contributed by atoms with van der Waals surface area (Å²) in [6.45, 7) is 2.33. The molecule has 0 unspecified atom stereocenters. The number of nitrogens with two attached hydrogens (primary N) is 1. The molecular weight excluding hydrogens is 220 g/mol. The van der Waals surface area contributed by atoms with Crippen molar-refractivity contribution < 1.29 is 0 Å². The normalized spacial score (nSPS) is 28.4. The van der Waals surface area contributed by atoms with Gasteiger partial charge in [-0.2, -0.15) is 0 Å². The van der Waals surface area contributed by atoms with E-state index in [1.807, 2.05) is 12.4 Å². The fourth-order valence-electron chi connectivity index (χ4n) is 3.10. The van der Waals surface area contributed by atoms with Gasteiger partial charge in [-0.05, 0) is 48.6 Å². The van der Waals surface area contributed by atoms with E-state index in [4.69, 9.17) is 5.73 Å². The summed E-state index contributed by atoms with van der Waals surface area (Å²) >= 11 is 0. The zero-order chi connectivity index (χ0) is 12.6. The van der Waals surface area contributed by atoms with Gasteiger partial charge in [0.1, 0.15) is 0 Å². The monoisotopic (exact) mass is 240 g/mol. The van der Waals surface area contributed by atoms with Crippen molar-refractivity contribution in [1.29, 1.82) is 0 Å². The van der Waals surface area contributed by atoms with Crippen LogP contribution in [0, 0.1) is 5.92 Å². The van der Waals surface area contributed by atoms with Crippen molar-refractivity contribution in [3.05, 3.63) is 42.2 Å². The van der Waals surface area contributed by atoms with E-state index in [2.05, 4.69) is 36.2 Å². The minimum Gasteiger partial charge on any atom is -0.321 e. The Labute approximate surface area is 108 Å². The van der Waals surface area contributed by atoms with Crippen molar-refractivity contribution in [2.24, 2.45) is 11.7 Å². The lowest BCUT2D eigenvalue weighted by molar-refractivity contribution is 0.249. The van der Waals surface area contributed by atoms with Gasteiger partial charge in [-0.1, -0.05) is 25.1 Å². The minimum atomic E-state index is -0.145. The van der Waals surface area contributed by atoms with Gasteiger partial charge in [0, 0.05) is 23.3 Å². The Hall–Kier alpha value is -1.41. The van der Waals surface area contributed by atoms with E-state index < -0.39 is 0 Å². The number of hydrogen-bond donors (Lipinski definition) is 1. The Morgan fingerprint density at radius 1 is 1.22 bits per heavy atom. The van der Waals surface area contributed by atoms with E-state index >= 15 is 0 Å². The van der Waals surface area contributed by atoms with Crippen LogP contribution in [-0.2, 0) is 5.54 Å². The topological polar surface area (TPSA) is 38.9 Å². The SMILES string of the molecule is CC1CCC(N)(c2cccc3cnccc23)CC1. The molecule has 3 rings (SSSR count). The molecule has 0 bridgehead atoms. The second-order valence-electron chi connectivity index (χ2n) is 5.74. The largest absolute Gasteiger partial charge is 0.321 e. The highest BCUT2D eigenvalue weighted by atomic mass is 14.8. The van der Waals surface area contributed by atoms with Crippen molar-refractivity contribution in [3.63, 3.8) is 0 Å². The number of fused-ring (bicyclic) bond motifs is 1. The smallest absolute Gasteiger partial charge is 0.0416 e. The maximum atomic E-state index is 6.69. The van der Waals surface area contributed by atoms with Gasteiger partial charge in [0.15, 0.2) is 0 Å². The molecule has 2 heteroatoms. The van der Waals surface area contributed by atoms with E-state index in [0.717, 1.165) is 18.8 Å². The third-order valence-electron chi connectivity index (χ3n) is 4.38. The summed E-state index contributed by atoms with van der Waals surface area (Å²) < 4.78 is 0. The van der Waals surface area contributed by atoms with Crippen molar-refractivity contribution in [3.8, 4) is 0 Å². The van der Waals surface area contributed by atoms with Crippen LogP contribution in [-0.4, -0.2) is 4.98 Å². The summed E-state index contributed by atoms with van der Waals surface area (Å²) in [4.78, 5) is 4.19. The lowest BCUT2D eigenvalue weighted by Gasteiger charge is -2.37. The molecule has 2 N–H and O–H groups in total. The average Bonchev–Trinajstić information content (AvgIpc) is 2.42. The average molecular weight is 240 g/mol. The quantitative estimate of drug-likeness (QED) is 0.827. The number of hydrogen-bond acceptors (Lipinski definition) is 2. The molecule has 94 valence electrons. The van der Waals surface area contributed by atoms with Crippen LogP contribution in [0.5, 0.6) is 0 Å². The van der Waals surface area contributed by atoms with Crippen molar-refractivity contribution in [1.82, 2.24) is 4.98 Å². The van der Waals surface area contributed by atoms with Crippen LogP contribution in [0.15, 0.2) is 36.7 Å².